The van der Waals surface area contributed by atoms with E-state index in [2.05, 4.69) is 24.3 Å². The molecule has 2 atom stereocenters. The van der Waals surface area contributed by atoms with Crippen LogP contribution >= 0.6 is 0 Å². The van der Waals surface area contributed by atoms with Gasteiger partial charge in [-0.2, -0.15) is 0 Å². The summed E-state index contributed by atoms with van der Waals surface area (Å²) in [5.41, 5.74) is 0. The monoisotopic (exact) mass is 623 g/mol. The molecule has 44 heavy (non-hydrogen) atoms. The third kappa shape index (κ3) is 36.5. The quantitative estimate of drug-likeness (QED) is 0.0413. The molecule has 0 fully saturated rings. The lowest BCUT2D eigenvalue weighted by Gasteiger charge is -2.08. The number of allylic oxidation sites excluding steroid dienone is 2. The Bertz CT molecular complexity index is 631. The summed E-state index contributed by atoms with van der Waals surface area (Å²) in [5, 5.41) is 37.6. The standard InChI is InChI=1S/C38H70O6/c39-35(31-25-19-13-7-9-15-21-27-33-37(41)42)29-23-17-11-5-3-1-2-4-6-12-18-24-30-36(40)32-26-20-14-8-10-16-22-28-34-38(43)44/h19-20,25-26,35-36,39-40H,1-18,21-24,27-34H2,(H,41,42)(H,43,44)/t35-,36-/m1/s1. The van der Waals surface area contributed by atoms with E-state index in [1.165, 1.54) is 64.2 Å². The zero-order valence-corrected chi connectivity index (χ0v) is 28.3. The molecule has 0 spiro atoms. The molecule has 258 valence electrons. The average Bonchev–Trinajstić information content (AvgIpc) is 2.98. The fourth-order valence-electron chi connectivity index (χ4n) is 5.64. The predicted molar refractivity (Wildman–Crippen MR) is 184 cm³/mol. The van der Waals surface area contributed by atoms with Crippen molar-refractivity contribution in [1.82, 2.24) is 0 Å². The second-order valence-corrected chi connectivity index (χ2v) is 12.9. The van der Waals surface area contributed by atoms with Crippen LogP contribution in [0.2, 0.25) is 0 Å². The summed E-state index contributed by atoms with van der Waals surface area (Å²) in [7, 11) is 0. The fraction of sp³-hybridized carbons (Fsp3) is 0.842. The van der Waals surface area contributed by atoms with Gasteiger partial charge in [-0.3, -0.25) is 9.59 Å². The van der Waals surface area contributed by atoms with Crippen molar-refractivity contribution in [1.29, 1.82) is 0 Å². The van der Waals surface area contributed by atoms with Crippen molar-refractivity contribution < 1.29 is 30.0 Å². The van der Waals surface area contributed by atoms with Crippen LogP contribution in [-0.4, -0.2) is 44.6 Å². The Morgan fingerprint density at radius 3 is 0.977 bits per heavy atom. The number of aliphatic hydroxyl groups is 2. The van der Waals surface area contributed by atoms with Gasteiger partial charge in [-0.15, -0.1) is 0 Å². The van der Waals surface area contributed by atoms with Crippen LogP contribution in [0.25, 0.3) is 0 Å². The Hall–Kier alpha value is -1.66. The topological polar surface area (TPSA) is 115 Å². The highest BCUT2D eigenvalue weighted by molar-refractivity contribution is 5.66. The van der Waals surface area contributed by atoms with Crippen molar-refractivity contribution in [3.8, 4) is 0 Å². The molecule has 0 aromatic rings. The van der Waals surface area contributed by atoms with Gasteiger partial charge in [0.2, 0.25) is 0 Å². The van der Waals surface area contributed by atoms with E-state index < -0.39 is 11.9 Å². The molecule has 0 unspecified atom stereocenters. The van der Waals surface area contributed by atoms with Crippen LogP contribution in [0.15, 0.2) is 24.3 Å². The van der Waals surface area contributed by atoms with Crippen LogP contribution < -0.4 is 0 Å². The van der Waals surface area contributed by atoms with Gasteiger partial charge in [0.25, 0.3) is 0 Å². The molecule has 0 aromatic carbocycles. The molecule has 6 heteroatoms. The van der Waals surface area contributed by atoms with Crippen LogP contribution in [0.3, 0.4) is 0 Å². The zero-order chi connectivity index (χ0) is 32.4. The number of rotatable bonds is 35. The van der Waals surface area contributed by atoms with Gasteiger partial charge in [0.15, 0.2) is 0 Å². The molecular weight excluding hydrogens is 552 g/mol. The minimum atomic E-state index is -0.695. The minimum absolute atomic E-state index is 0.210. The first-order chi connectivity index (χ1) is 21.4. The van der Waals surface area contributed by atoms with Gasteiger partial charge in [0.1, 0.15) is 0 Å². The minimum Gasteiger partial charge on any atom is -0.481 e. The maximum absolute atomic E-state index is 10.5. The van der Waals surface area contributed by atoms with Gasteiger partial charge in [-0.05, 0) is 64.2 Å². The predicted octanol–water partition coefficient (Wildman–Crippen LogP) is 10.7. The van der Waals surface area contributed by atoms with E-state index in [4.69, 9.17) is 10.2 Å². The molecule has 0 heterocycles. The molecule has 0 saturated heterocycles. The van der Waals surface area contributed by atoms with Crippen molar-refractivity contribution in [2.24, 2.45) is 0 Å². The maximum atomic E-state index is 10.5. The van der Waals surface area contributed by atoms with Gasteiger partial charge in [-0.25, -0.2) is 0 Å². The van der Waals surface area contributed by atoms with Crippen molar-refractivity contribution in [3.05, 3.63) is 24.3 Å². The van der Waals surface area contributed by atoms with Gasteiger partial charge >= 0.3 is 11.9 Å². The lowest BCUT2D eigenvalue weighted by molar-refractivity contribution is -0.138. The highest BCUT2D eigenvalue weighted by Crippen LogP contribution is 2.16. The van der Waals surface area contributed by atoms with Gasteiger partial charge in [-0.1, -0.05) is 140 Å². The van der Waals surface area contributed by atoms with Crippen molar-refractivity contribution in [3.63, 3.8) is 0 Å². The molecule has 6 nitrogen and oxygen atoms in total. The van der Waals surface area contributed by atoms with Crippen molar-refractivity contribution in [2.45, 2.75) is 205 Å². The summed E-state index contributed by atoms with van der Waals surface area (Å²) in [6.07, 6.45) is 39.9. The molecule has 0 amide bonds. The van der Waals surface area contributed by atoms with E-state index >= 15 is 0 Å². The molecule has 4 N–H and O–H groups in total. The zero-order valence-electron chi connectivity index (χ0n) is 28.3. The number of carboxylic acid groups (broad SMARTS) is 2. The lowest BCUT2D eigenvalue weighted by Crippen LogP contribution is -2.04. The average molecular weight is 623 g/mol. The first-order valence-electron chi connectivity index (χ1n) is 18.5. The van der Waals surface area contributed by atoms with Gasteiger partial charge in [0.05, 0.1) is 12.2 Å². The maximum Gasteiger partial charge on any atom is 0.303 e. The summed E-state index contributed by atoms with van der Waals surface area (Å²) in [4.78, 5) is 21.0. The van der Waals surface area contributed by atoms with E-state index in [0.717, 1.165) is 116 Å². The van der Waals surface area contributed by atoms with E-state index in [-0.39, 0.29) is 25.0 Å². The molecule has 0 aliphatic rings. The normalized spacial score (nSPS) is 13.2. The molecule has 0 rings (SSSR count). The third-order valence-corrected chi connectivity index (χ3v) is 8.50. The highest BCUT2D eigenvalue weighted by atomic mass is 16.4. The number of hydrogen-bond acceptors (Lipinski definition) is 4. The SMILES string of the molecule is O=C(O)CCCCCCCC=CC[C@H](O)CCCCCCCCCCCCCC[C@@H](O)CC=CCCCCCCCC(=O)O. The van der Waals surface area contributed by atoms with E-state index in [1.807, 2.05) is 0 Å². The highest BCUT2D eigenvalue weighted by Gasteiger charge is 2.03. The van der Waals surface area contributed by atoms with Gasteiger partial charge < -0.3 is 20.4 Å². The molecule has 0 aliphatic heterocycles. The summed E-state index contributed by atoms with van der Waals surface area (Å²) >= 11 is 0. The van der Waals surface area contributed by atoms with Crippen LogP contribution in [0, 0.1) is 0 Å². The van der Waals surface area contributed by atoms with E-state index in [0.29, 0.717) is 0 Å². The third-order valence-electron chi connectivity index (χ3n) is 8.50. The Morgan fingerprint density at radius 2 is 0.659 bits per heavy atom. The summed E-state index contributed by atoms with van der Waals surface area (Å²) in [5.74, 6) is -1.39. The number of aliphatic carboxylic acids is 2. The Kier molecular flexibility index (Phi) is 32.9. The smallest absolute Gasteiger partial charge is 0.303 e. The first-order valence-corrected chi connectivity index (χ1v) is 18.5. The number of hydrogen-bond donors (Lipinski definition) is 4. The van der Waals surface area contributed by atoms with Crippen molar-refractivity contribution in [2.75, 3.05) is 0 Å². The van der Waals surface area contributed by atoms with Crippen LogP contribution in [0.4, 0.5) is 0 Å². The van der Waals surface area contributed by atoms with Crippen molar-refractivity contribution >= 4 is 11.9 Å². The van der Waals surface area contributed by atoms with E-state index in [1.54, 1.807) is 0 Å². The Labute approximate surface area is 270 Å². The molecule has 0 aromatic heterocycles. The van der Waals surface area contributed by atoms with Crippen LogP contribution in [0.1, 0.15) is 193 Å². The number of unbranched alkanes of at least 4 members (excludes halogenated alkanes) is 21. The van der Waals surface area contributed by atoms with Crippen LogP contribution in [-0.2, 0) is 9.59 Å². The number of aliphatic hydroxyl groups excluding tert-OH is 2. The molecule has 0 saturated carbocycles. The first kappa shape index (κ1) is 42.3. The van der Waals surface area contributed by atoms with Gasteiger partial charge in [0, 0.05) is 12.8 Å². The second-order valence-electron chi connectivity index (χ2n) is 12.9. The Morgan fingerprint density at radius 1 is 0.386 bits per heavy atom. The molecule has 0 aliphatic carbocycles. The summed E-state index contributed by atoms with van der Waals surface area (Å²) in [6.45, 7) is 0. The summed E-state index contributed by atoms with van der Waals surface area (Å²) < 4.78 is 0. The number of carbonyl (C=O) groups is 2. The van der Waals surface area contributed by atoms with Crippen LogP contribution in [0.5, 0.6) is 0 Å². The molecular formula is C38H70O6. The van der Waals surface area contributed by atoms with E-state index in [9.17, 15) is 19.8 Å². The molecule has 0 bridgehead atoms. The largest absolute Gasteiger partial charge is 0.481 e. The fourth-order valence-corrected chi connectivity index (χ4v) is 5.64. The molecule has 0 radical (unpaired) electrons. The second kappa shape index (κ2) is 34.2. The number of carboxylic acids is 2. The lowest BCUT2D eigenvalue weighted by atomic mass is 10.0. The summed E-state index contributed by atoms with van der Waals surface area (Å²) in [6, 6.07) is 0. The Balaban J connectivity index is 3.31.